The van der Waals surface area contributed by atoms with Gasteiger partial charge in [0.2, 0.25) is 5.88 Å². The molecule has 2 heterocycles. The SMILES string of the molecule is CC(=N)c1c(N)ccnc1OC1CCOCC1. The first-order valence-electron chi connectivity index (χ1n) is 5.73. The zero-order chi connectivity index (χ0) is 12.3. The number of anilines is 1. The summed E-state index contributed by atoms with van der Waals surface area (Å²) in [5, 5.41) is 7.71. The zero-order valence-corrected chi connectivity index (χ0v) is 9.90. The first kappa shape index (κ1) is 11.9. The molecule has 2 rings (SSSR count). The van der Waals surface area contributed by atoms with Gasteiger partial charge in [-0.25, -0.2) is 4.98 Å². The third-order valence-corrected chi connectivity index (χ3v) is 2.77. The predicted molar refractivity (Wildman–Crippen MR) is 65.6 cm³/mol. The van der Waals surface area contributed by atoms with Gasteiger partial charge >= 0.3 is 0 Å². The van der Waals surface area contributed by atoms with E-state index in [1.807, 2.05) is 0 Å². The molecule has 0 saturated carbocycles. The Bertz CT molecular complexity index is 414. The van der Waals surface area contributed by atoms with E-state index in [1.165, 1.54) is 0 Å². The maximum atomic E-state index is 7.71. The molecule has 5 heteroatoms. The van der Waals surface area contributed by atoms with Crippen molar-refractivity contribution >= 4 is 11.4 Å². The highest BCUT2D eigenvalue weighted by molar-refractivity contribution is 6.02. The van der Waals surface area contributed by atoms with Crippen molar-refractivity contribution < 1.29 is 9.47 Å². The van der Waals surface area contributed by atoms with Gasteiger partial charge in [-0.15, -0.1) is 0 Å². The highest BCUT2D eigenvalue weighted by atomic mass is 16.5. The molecule has 1 aromatic heterocycles. The van der Waals surface area contributed by atoms with Gasteiger partial charge in [0.05, 0.1) is 18.8 Å². The topological polar surface area (TPSA) is 81.2 Å². The summed E-state index contributed by atoms with van der Waals surface area (Å²) < 4.78 is 11.1. The first-order valence-corrected chi connectivity index (χ1v) is 5.73. The fourth-order valence-electron chi connectivity index (χ4n) is 1.87. The summed E-state index contributed by atoms with van der Waals surface area (Å²) in [6.07, 6.45) is 3.42. The normalized spacial score (nSPS) is 16.8. The molecule has 1 aliphatic heterocycles. The molecule has 92 valence electrons. The monoisotopic (exact) mass is 235 g/mol. The summed E-state index contributed by atoms with van der Waals surface area (Å²) in [5.74, 6) is 0.462. The van der Waals surface area contributed by atoms with Crippen LogP contribution in [0.3, 0.4) is 0 Å². The van der Waals surface area contributed by atoms with Crippen LogP contribution in [0.15, 0.2) is 12.3 Å². The van der Waals surface area contributed by atoms with Gasteiger partial charge in [-0.3, -0.25) is 0 Å². The van der Waals surface area contributed by atoms with Crippen LogP contribution in [0, 0.1) is 5.41 Å². The van der Waals surface area contributed by atoms with Crippen molar-refractivity contribution in [1.82, 2.24) is 4.98 Å². The minimum atomic E-state index is 0.108. The van der Waals surface area contributed by atoms with Crippen LogP contribution in [0.5, 0.6) is 5.88 Å². The van der Waals surface area contributed by atoms with Gasteiger partial charge in [-0.05, 0) is 13.0 Å². The number of pyridine rings is 1. The molecule has 0 atom stereocenters. The van der Waals surface area contributed by atoms with Gasteiger partial charge in [0.15, 0.2) is 0 Å². The minimum absolute atomic E-state index is 0.108. The second-order valence-corrected chi connectivity index (χ2v) is 4.13. The molecule has 1 saturated heterocycles. The highest BCUT2D eigenvalue weighted by Gasteiger charge is 2.19. The molecule has 1 aromatic rings. The van der Waals surface area contributed by atoms with E-state index in [2.05, 4.69) is 4.98 Å². The minimum Gasteiger partial charge on any atom is -0.474 e. The number of nitrogens with zero attached hydrogens (tertiary/aromatic N) is 1. The molecule has 0 radical (unpaired) electrons. The summed E-state index contributed by atoms with van der Waals surface area (Å²) >= 11 is 0. The second-order valence-electron chi connectivity index (χ2n) is 4.13. The standard InChI is InChI=1S/C12H17N3O2/c1-8(13)11-10(14)2-5-15-12(11)17-9-3-6-16-7-4-9/h2,5,9,13H,3-4,6-7H2,1H3,(H2,14,15). The zero-order valence-electron chi connectivity index (χ0n) is 9.90. The van der Waals surface area contributed by atoms with Gasteiger partial charge in [-0.2, -0.15) is 0 Å². The number of hydrogen-bond donors (Lipinski definition) is 2. The van der Waals surface area contributed by atoms with Crippen LogP contribution >= 0.6 is 0 Å². The Morgan fingerprint density at radius 3 is 2.88 bits per heavy atom. The maximum Gasteiger partial charge on any atom is 0.224 e. The molecule has 1 aliphatic rings. The first-order chi connectivity index (χ1) is 8.18. The van der Waals surface area contributed by atoms with Gasteiger partial charge < -0.3 is 20.6 Å². The number of nitrogens with two attached hydrogens (primary N) is 1. The molecule has 0 amide bonds. The van der Waals surface area contributed by atoms with E-state index in [0.717, 1.165) is 12.8 Å². The molecule has 0 aliphatic carbocycles. The van der Waals surface area contributed by atoms with Crippen molar-refractivity contribution in [3.8, 4) is 5.88 Å². The van der Waals surface area contributed by atoms with E-state index in [-0.39, 0.29) is 6.10 Å². The number of aromatic nitrogens is 1. The van der Waals surface area contributed by atoms with Crippen LogP contribution in [-0.2, 0) is 4.74 Å². The average Bonchev–Trinajstić information content (AvgIpc) is 2.30. The summed E-state index contributed by atoms with van der Waals surface area (Å²) in [6.45, 7) is 3.11. The van der Waals surface area contributed by atoms with Crippen LogP contribution in [0.1, 0.15) is 25.3 Å². The third kappa shape index (κ3) is 2.74. The molecule has 0 spiro atoms. The van der Waals surface area contributed by atoms with Crippen LogP contribution < -0.4 is 10.5 Å². The lowest BCUT2D eigenvalue weighted by Gasteiger charge is -2.24. The number of hydrogen-bond acceptors (Lipinski definition) is 5. The number of ether oxygens (including phenoxy) is 2. The van der Waals surface area contributed by atoms with Crippen LogP contribution in [0.4, 0.5) is 5.69 Å². The lowest BCUT2D eigenvalue weighted by atomic mass is 10.1. The fraction of sp³-hybridized carbons (Fsp3) is 0.500. The van der Waals surface area contributed by atoms with Gasteiger partial charge in [0.25, 0.3) is 0 Å². The Morgan fingerprint density at radius 2 is 2.24 bits per heavy atom. The van der Waals surface area contributed by atoms with Gasteiger partial charge in [0, 0.05) is 30.4 Å². The summed E-state index contributed by atoms with van der Waals surface area (Å²) in [5.41, 5.74) is 7.35. The quantitative estimate of drug-likeness (QED) is 0.780. The van der Waals surface area contributed by atoms with E-state index < -0.39 is 0 Å². The molecular weight excluding hydrogens is 218 g/mol. The molecule has 0 bridgehead atoms. The number of nitrogens with one attached hydrogen (secondary N) is 1. The Hall–Kier alpha value is -1.62. The molecule has 0 aromatic carbocycles. The summed E-state index contributed by atoms with van der Waals surface area (Å²) in [7, 11) is 0. The van der Waals surface area contributed by atoms with Crippen LogP contribution in [-0.4, -0.2) is 30.0 Å². The lowest BCUT2D eigenvalue weighted by molar-refractivity contribution is 0.0237. The van der Waals surface area contributed by atoms with Crippen LogP contribution in [0.25, 0.3) is 0 Å². The molecule has 5 nitrogen and oxygen atoms in total. The van der Waals surface area contributed by atoms with E-state index in [0.29, 0.717) is 36.1 Å². The van der Waals surface area contributed by atoms with Crippen molar-refractivity contribution in [2.75, 3.05) is 18.9 Å². The third-order valence-electron chi connectivity index (χ3n) is 2.77. The Kier molecular flexibility index (Phi) is 3.58. The molecule has 17 heavy (non-hydrogen) atoms. The maximum absolute atomic E-state index is 7.71. The van der Waals surface area contributed by atoms with Crippen LogP contribution in [0.2, 0.25) is 0 Å². The summed E-state index contributed by atoms with van der Waals surface area (Å²) in [4.78, 5) is 4.17. The van der Waals surface area contributed by atoms with E-state index >= 15 is 0 Å². The molecular formula is C12H17N3O2. The predicted octanol–water partition coefficient (Wildman–Crippen LogP) is 1.61. The van der Waals surface area contributed by atoms with Crippen molar-refractivity contribution in [2.24, 2.45) is 0 Å². The number of nitrogen functional groups attached to an aromatic ring is 1. The van der Waals surface area contributed by atoms with Crippen molar-refractivity contribution in [2.45, 2.75) is 25.9 Å². The Labute approximate surface area is 100 Å². The second kappa shape index (κ2) is 5.14. The highest BCUT2D eigenvalue weighted by Crippen LogP contribution is 2.24. The fourth-order valence-corrected chi connectivity index (χ4v) is 1.87. The Balaban J connectivity index is 2.19. The van der Waals surface area contributed by atoms with E-state index in [1.54, 1.807) is 19.2 Å². The van der Waals surface area contributed by atoms with Gasteiger partial charge in [0.1, 0.15) is 6.10 Å². The van der Waals surface area contributed by atoms with E-state index in [4.69, 9.17) is 20.6 Å². The number of rotatable bonds is 3. The van der Waals surface area contributed by atoms with Crippen molar-refractivity contribution in [3.05, 3.63) is 17.8 Å². The largest absolute Gasteiger partial charge is 0.474 e. The van der Waals surface area contributed by atoms with E-state index in [9.17, 15) is 0 Å². The molecule has 3 N–H and O–H groups in total. The van der Waals surface area contributed by atoms with Crippen molar-refractivity contribution in [3.63, 3.8) is 0 Å². The lowest BCUT2D eigenvalue weighted by Crippen LogP contribution is -2.27. The average molecular weight is 235 g/mol. The smallest absolute Gasteiger partial charge is 0.224 e. The van der Waals surface area contributed by atoms with Gasteiger partial charge in [-0.1, -0.05) is 0 Å². The molecule has 1 fully saturated rings. The summed E-state index contributed by atoms with van der Waals surface area (Å²) in [6, 6.07) is 1.68. The Morgan fingerprint density at radius 1 is 1.53 bits per heavy atom. The molecule has 0 unspecified atom stereocenters. The van der Waals surface area contributed by atoms with Crippen molar-refractivity contribution in [1.29, 1.82) is 5.41 Å².